The average molecular weight is 285 g/mol. The van der Waals surface area contributed by atoms with Gasteiger partial charge in [0.1, 0.15) is 0 Å². The first-order valence-corrected chi connectivity index (χ1v) is 6.93. The van der Waals surface area contributed by atoms with E-state index in [2.05, 4.69) is 5.32 Å². The summed E-state index contributed by atoms with van der Waals surface area (Å²) in [4.78, 5) is 11.0. The molecule has 0 aliphatic rings. The Morgan fingerprint density at radius 2 is 1.63 bits per heavy atom. The third-order valence-corrected chi connectivity index (χ3v) is 2.22. The lowest BCUT2D eigenvalue weighted by atomic mass is 10.1. The topological polar surface area (TPSA) is 53.0 Å². The molecule has 1 aromatic rings. The molecule has 0 heterocycles. The van der Waals surface area contributed by atoms with Crippen LogP contribution in [0.15, 0.2) is 12.1 Å². The molecule has 3 nitrogen and oxygen atoms in total. The second-order valence-electron chi connectivity index (χ2n) is 3.48. The monoisotopic (exact) mass is 284 g/mol. The van der Waals surface area contributed by atoms with Crippen LogP contribution in [-0.2, 0) is 4.79 Å². The first kappa shape index (κ1) is 20.0. The quantitative estimate of drug-likeness (QED) is 0.734. The highest BCUT2D eigenvalue weighted by Gasteiger charge is 2.11. The molecule has 0 spiro atoms. The van der Waals surface area contributed by atoms with Gasteiger partial charge < -0.3 is 10.7 Å². The van der Waals surface area contributed by atoms with Crippen LogP contribution in [0.1, 0.15) is 52.7 Å². The minimum absolute atomic E-state index is 0.167. The first-order valence-electron chi connectivity index (χ1n) is 6.55. The number of hydrogen-bond acceptors (Lipinski definition) is 2. The van der Waals surface area contributed by atoms with E-state index in [0.29, 0.717) is 22.0 Å². The molecule has 19 heavy (non-hydrogen) atoms. The maximum absolute atomic E-state index is 11.0. The lowest BCUT2D eigenvalue weighted by Gasteiger charge is -2.11. The Balaban J connectivity index is 0. The molecular weight excluding hydrogens is 260 g/mol. The number of nitrogens with one attached hydrogen (secondary N) is 2. The Hall–Kier alpha value is -1.35. The van der Waals surface area contributed by atoms with E-state index >= 15 is 0 Å². The Morgan fingerprint density at radius 3 is 2.00 bits per heavy atom. The van der Waals surface area contributed by atoms with Crippen LogP contribution in [0.3, 0.4) is 0 Å². The summed E-state index contributed by atoms with van der Waals surface area (Å²) in [5.74, 6) is -0.167. The highest BCUT2D eigenvalue weighted by Crippen LogP contribution is 2.26. The van der Waals surface area contributed by atoms with Gasteiger partial charge in [-0.25, -0.2) is 0 Å². The average Bonchev–Trinajstić information content (AvgIpc) is 2.31. The molecule has 4 heteroatoms. The smallest absolute Gasteiger partial charge is 0.221 e. The summed E-state index contributed by atoms with van der Waals surface area (Å²) in [5.41, 5.74) is 2.47. The lowest BCUT2D eigenvalue weighted by Crippen LogP contribution is -2.10. The molecule has 108 valence electrons. The van der Waals surface area contributed by atoms with Gasteiger partial charge in [0.15, 0.2) is 0 Å². The van der Waals surface area contributed by atoms with Crippen LogP contribution in [0.2, 0.25) is 5.02 Å². The van der Waals surface area contributed by atoms with Crippen LogP contribution in [0.25, 0.3) is 0 Å². The van der Waals surface area contributed by atoms with Crippen LogP contribution in [-0.4, -0.2) is 11.6 Å². The molecule has 1 rings (SSSR count). The number of hydrogen-bond donors (Lipinski definition) is 2. The number of anilines is 1. The van der Waals surface area contributed by atoms with Crippen molar-refractivity contribution in [1.29, 1.82) is 5.41 Å². The van der Waals surface area contributed by atoms with Crippen molar-refractivity contribution in [2.45, 2.75) is 48.5 Å². The number of benzene rings is 1. The van der Waals surface area contributed by atoms with Gasteiger partial charge >= 0.3 is 0 Å². The lowest BCUT2D eigenvalue weighted by molar-refractivity contribution is -0.114. The van der Waals surface area contributed by atoms with Gasteiger partial charge in [0.25, 0.3) is 0 Å². The van der Waals surface area contributed by atoms with Crippen molar-refractivity contribution < 1.29 is 4.79 Å². The van der Waals surface area contributed by atoms with Crippen LogP contribution >= 0.6 is 11.6 Å². The normalized spacial score (nSPS) is 8.42. The molecule has 0 atom stereocenters. The molecular formula is C15H25ClN2O. The molecule has 0 radical (unpaired) electrons. The molecule has 0 aromatic heterocycles. The van der Waals surface area contributed by atoms with Gasteiger partial charge in [-0.15, -0.1) is 0 Å². The van der Waals surface area contributed by atoms with Crippen molar-refractivity contribution in [2.24, 2.45) is 0 Å². The molecule has 0 bridgehead atoms. The third kappa shape index (κ3) is 6.97. The predicted molar refractivity (Wildman–Crippen MR) is 85.7 cm³/mol. The second-order valence-corrected chi connectivity index (χ2v) is 3.88. The van der Waals surface area contributed by atoms with Crippen molar-refractivity contribution in [2.75, 3.05) is 5.32 Å². The SMILES string of the molecule is CC.CC.CC(=N)c1c(Cl)cc(C)cc1NC(C)=O. The fourth-order valence-corrected chi connectivity index (χ4v) is 1.83. The second kappa shape index (κ2) is 10.6. The highest BCUT2D eigenvalue weighted by molar-refractivity contribution is 6.35. The van der Waals surface area contributed by atoms with E-state index in [4.69, 9.17) is 17.0 Å². The van der Waals surface area contributed by atoms with Crippen molar-refractivity contribution in [3.8, 4) is 0 Å². The van der Waals surface area contributed by atoms with E-state index in [1.54, 1.807) is 19.1 Å². The standard InChI is InChI=1S/C11H13ClN2O.2C2H6/c1-6-4-9(12)11(7(2)13)10(5-6)14-8(3)15;2*1-2/h4-5,13H,1-3H3,(H,14,15);2*1-2H3. The summed E-state index contributed by atoms with van der Waals surface area (Å²) >= 11 is 6.02. The van der Waals surface area contributed by atoms with Gasteiger partial charge in [-0.3, -0.25) is 4.79 Å². The summed E-state index contributed by atoms with van der Waals surface area (Å²) in [6.45, 7) is 13.0. The number of amides is 1. The molecule has 0 saturated heterocycles. The predicted octanol–water partition coefficient (Wildman–Crippen LogP) is 5.05. The van der Waals surface area contributed by atoms with E-state index in [0.717, 1.165) is 5.56 Å². The summed E-state index contributed by atoms with van der Waals surface area (Å²) in [5, 5.41) is 10.8. The van der Waals surface area contributed by atoms with E-state index in [1.807, 2.05) is 34.6 Å². The largest absolute Gasteiger partial charge is 0.326 e. The molecule has 1 amide bonds. The Labute approximate surface area is 121 Å². The van der Waals surface area contributed by atoms with Crippen molar-refractivity contribution in [3.05, 3.63) is 28.3 Å². The van der Waals surface area contributed by atoms with Crippen molar-refractivity contribution in [3.63, 3.8) is 0 Å². The first-order chi connectivity index (χ1) is 8.91. The molecule has 0 saturated carbocycles. The van der Waals surface area contributed by atoms with Gasteiger partial charge in [-0.05, 0) is 31.5 Å². The van der Waals surface area contributed by atoms with E-state index < -0.39 is 0 Å². The van der Waals surface area contributed by atoms with E-state index in [-0.39, 0.29) is 5.91 Å². The number of aryl methyl sites for hydroxylation is 1. The van der Waals surface area contributed by atoms with Gasteiger partial charge in [-0.1, -0.05) is 39.3 Å². The summed E-state index contributed by atoms with van der Waals surface area (Å²) in [7, 11) is 0. The summed E-state index contributed by atoms with van der Waals surface area (Å²) in [6.07, 6.45) is 0. The zero-order valence-electron chi connectivity index (χ0n) is 12.9. The molecule has 1 aromatic carbocycles. The zero-order chi connectivity index (χ0) is 15.6. The van der Waals surface area contributed by atoms with E-state index in [9.17, 15) is 4.79 Å². The van der Waals surface area contributed by atoms with Crippen LogP contribution < -0.4 is 5.32 Å². The minimum Gasteiger partial charge on any atom is -0.326 e. The van der Waals surface area contributed by atoms with E-state index in [1.165, 1.54) is 6.92 Å². The van der Waals surface area contributed by atoms with Gasteiger partial charge in [0.2, 0.25) is 5.91 Å². The number of carbonyl (C=O) groups excluding carboxylic acids is 1. The number of rotatable bonds is 2. The molecule has 0 aliphatic carbocycles. The fraction of sp³-hybridized carbons (Fsp3) is 0.467. The number of halogens is 1. The summed E-state index contributed by atoms with van der Waals surface area (Å²) < 4.78 is 0. The maximum Gasteiger partial charge on any atom is 0.221 e. The Morgan fingerprint density at radius 1 is 1.16 bits per heavy atom. The molecule has 0 unspecified atom stereocenters. The Kier molecular flexibility index (Phi) is 11.1. The fourth-order valence-electron chi connectivity index (χ4n) is 1.41. The molecule has 2 N–H and O–H groups in total. The minimum atomic E-state index is -0.167. The van der Waals surface area contributed by atoms with Crippen molar-refractivity contribution in [1.82, 2.24) is 0 Å². The number of carbonyl (C=O) groups is 1. The molecule has 0 fully saturated rings. The van der Waals surface area contributed by atoms with Gasteiger partial charge in [-0.2, -0.15) is 0 Å². The van der Waals surface area contributed by atoms with Crippen molar-refractivity contribution >= 4 is 28.9 Å². The molecule has 0 aliphatic heterocycles. The van der Waals surface area contributed by atoms with Gasteiger partial charge in [0.05, 0.1) is 10.7 Å². The highest BCUT2D eigenvalue weighted by atomic mass is 35.5. The van der Waals surface area contributed by atoms with Crippen LogP contribution in [0.4, 0.5) is 5.69 Å². The zero-order valence-corrected chi connectivity index (χ0v) is 13.7. The third-order valence-electron chi connectivity index (χ3n) is 1.92. The summed E-state index contributed by atoms with van der Waals surface area (Å²) in [6, 6.07) is 3.58. The maximum atomic E-state index is 11.0. The van der Waals surface area contributed by atoms with Gasteiger partial charge in [0, 0.05) is 18.2 Å². The Bertz CT molecular complexity index is 428. The van der Waals surface area contributed by atoms with Crippen LogP contribution in [0, 0.1) is 12.3 Å². The van der Waals surface area contributed by atoms with Crippen LogP contribution in [0.5, 0.6) is 0 Å².